The first kappa shape index (κ1) is 32.6. The van der Waals surface area contributed by atoms with Gasteiger partial charge in [-0.1, -0.05) is 17.7 Å². The second-order valence-electron chi connectivity index (χ2n) is 12.4. The third kappa shape index (κ3) is 4.43. The van der Waals surface area contributed by atoms with Crippen LogP contribution in [0, 0.1) is 23.6 Å². The van der Waals surface area contributed by atoms with Gasteiger partial charge in [0.05, 0.1) is 43.0 Å². The molecule has 0 spiro atoms. The van der Waals surface area contributed by atoms with E-state index >= 15 is 0 Å². The Hall–Kier alpha value is -4.94. The van der Waals surface area contributed by atoms with Crippen molar-refractivity contribution in [1.82, 2.24) is 0 Å². The third-order valence-corrected chi connectivity index (χ3v) is 11.5. The number of carbonyl (C=O) groups is 5. The van der Waals surface area contributed by atoms with Gasteiger partial charge in [0.2, 0.25) is 17.6 Å². The van der Waals surface area contributed by atoms with Crippen LogP contribution >= 0.6 is 23.2 Å². The molecule has 6 atom stereocenters. The van der Waals surface area contributed by atoms with Gasteiger partial charge >= 0.3 is 5.97 Å². The summed E-state index contributed by atoms with van der Waals surface area (Å²) in [4.78, 5) is 66.2. The Labute approximate surface area is 288 Å². The van der Waals surface area contributed by atoms with Crippen molar-refractivity contribution in [3.05, 3.63) is 89.3 Å². The second kappa shape index (κ2) is 11.3. The van der Waals surface area contributed by atoms with Crippen molar-refractivity contribution in [3.63, 3.8) is 0 Å². The van der Waals surface area contributed by atoms with Crippen molar-refractivity contribution in [1.29, 1.82) is 0 Å². The van der Waals surface area contributed by atoms with Crippen LogP contribution in [0.15, 0.2) is 72.3 Å². The number of anilines is 2. The van der Waals surface area contributed by atoms with Crippen LogP contribution in [0.1, 0.15) is 34.7 Å². The largest absolute Gasteiger partial charge is 0.502 e. The maximum Gasteiger partial charge on any atom is 0.335 e. The van der Waals surface area contributed by atoms with Crippen molar-refractivity contribution in [2.75, 3.05) is 24.0 Å². The van der Waals surface area contributed by atoms with Gasteiger partial charge in [0.1, 0.15) is 5.82 Å². The van der Waals surface area contributed by atoms with Crippen LogP contribution in [-0.4, -0.2) is 63.8 Å². The van der Waals surface area contributed by atoms with Gasteiger partial charge in [-0.3, -0.25) is 24.1 Å². The minimum absolute atomic E-state index is 0.0249. The Morgan fingerprint density at radius 2 is 1.53 bits per heavy atom. The number of amides is 4. The number of nitrogens with zero attached hydrogens (tertiary/aromatic N) is 2. The van der Waals surface area contributed by atoms with Gasteiger partial charge in [-0.05, 0) is 78.9 Å². The van der Waals surface area contributed by atoms with E-state index in [0.717, 1.165) is 21.9 Å². The molecule has 49 heavy (non-hydrogen) atoms. The highest BCUT2D eigenvalue weighted by atomic mass is 35.5. The topological polar surface area (TPSA) is 151 Å². The molecular formula is C35H27Cl2FN2O9. The molecule has 2 aliphatic heterocycles. The molecule has 14 heteroatoms. The molecule has 4 amide bonds. The minimum Gasteiger partial charge on any atom is -0.502 e. The first-order valence-electron chi connectivity index (χ1n) is 15.2. The number of aromatic carboxylic acids is 1. The quantitative estimate of drug-likeness (QED) is 0.205. The van der Waals surface area contributed by atoms with E-state index in [2.05, 4.69) is 0 Å². The van der Waals surface area contributed by atoms with Crippen molar-refractivity contribution in [2.45, 2.75) is 28.5 Å². The third-order valence-electron chi connectivity index (χ3n) is 10.1. The molecule has 0 bridgehead atoms. The van der Waals surface area contributed by atoms with Crippen LogP contribution in [0.25, 0.3) is 0 Å². The standard InChI is InChI=1S/C35H27Cl2FN2O9/c1-48-24-13-17(14-25(49-2)28(24)41)27-21-10-11-22-26(30(43)39(29(22)42)20-5-3-4-16(12-20)31(44)45)23(21)15-34(36)32(46)40(33(47)35(27,34)37)19-8-6-18(38)7-9-19/h3-10,12-14,22-23,26-27,41H,11,15H2,1-2H3,(H,44,45). The maximum absolute atomic E-state index is 14.5. The monoisotopic (exact) mass is 708 g/mol. The Morgan fingerprint density at radius 3 is 2.14 bits per heavy atom. The number of carbonyl (C=O) groups excluding carboxylic acids is 4. The highest BCUT2D eigenvalue weighted by molar-refractivity contribution is 6.58. The normalized spacial score (nSPS) is 29.0. The molecule has 3 fully saturated rings. The summed E-state index contributed by atoms with van der Waals surface area (Å²) in [7, 11) is 2.62. The number of halogens is 3. The van der Waals surface area contributed by atoms with Gasteiger partial charge in [0, 0.05) is 5.92 Å². The van der Waals surface area contributed by atoms with Crippen LogP contribution in [0.3, 0.4) is 0 Å². The molecule has 252 valence electrons. The van der Waals surface area contributed by atoms with E-state index in [4.69, 9.17) is 32.7 Å². The highest BCUT2D eigenvalue weighted by Crippen LogP contribution is 2.66. The van der Waals surface area contributed by atoms with E-state index in [9.17, 15) is 38.6 Å². The van der Waals surface area contributed by atoms with Crippen LogP contribution in [0.5, 0.6) is 17.2 Å². The summed E-state index contributed by atoms with van der Waals surface area (Å²) in [6.45, 7) is 0. The summed E-state index contributed by atoms with van der Waals surface area (Å²) in [5.74, 6) is -9.26. The lowest BCUT2D eigenvalue weighted by molar-refractivity contribution is -0.125. The summed E-state index contributed by atoms with van der Waals surface area (Å²) in [6, 6.07) is 13.0. The van der Waals surface area contributed by atoms with Crippen molar-refractivity contribution in [2.24, 2.45) is 17.8 Å². The number of methoxy groups -OCH3 is 2. The average Bonchev–Trinajstić information content (AvgIpc) is 3.43. The van der Waals surface area contributed by atoms with Gasteiger partial charge in [0.25, 0.3) is 11.8 Å². The van der Waals surface area contributed by atoms with Gasteiger partial charge < -0.3 is 19.7 Å². The zero-order valence-corrected chi connectivity index (χ0v) is 27.4. The van der Waals surface area contributed by atoms with E-state index < -0.39 is 68.8 Å². The Balaban J connectivity index is 1.42. The number of carboxylic acids is 1. The molecule has 2 saturated heterocycles. The van der Waals surface area contributed by atoms with Crippen LogP contribution < -0.4 is 19.3 Å². The number of ether oxygens (including phenoxy) is 2. The first-order chi connectivity index (χ1) is 23.3. The molecule has 0 aromatic heterocycles. The van der Waals surface area contributed by atoms with Gasteiger partial charge in [0.15, 0.2) is 21.2 Å². The van der Waals surface area contributed by atoms with Crippen LogP contribution in [0.2, 0.25) is 0 Å². The fourth-order valence-electron chi connectivity index (χ4n) is 7.89. The van der Waals surface area contributed by atoms with E-state index in [1.807, 2.05) is 0 Å². The number of imide groups is 2. The van der Waals surface area contributed by atoms with Gasteiger partial charge in [-0.15, -0.1) is 23.2 Å². The zero-order chi connectivity index (χ0) is 35.2. The summed E-state index contributed by atoms with van der Waals surface area (Å²) in [6.07, 6.45) is 1.47. The number of hydrogen-bond donors (Lipinski definition) is 2. The number of phenolic OH excluding ortho intramolecular Hbond substituents is 1. The number of rotatable bonds is 6. The molecule has 2 heterocycles. The zero-order valence-electron chi connectivity index (χ0n) is 25.9. The maximum atomic E-state index is 14.5. The predicted molar refractivity (Wildman–Crippen MR) is 174 cm³/mol. The summed E-state index contributed by atoms with van der Waals surface area (Å²) < 4.78 is 24.7. The van der Waals surface area contributed by atoms with Crippen molar-refractivity contribution < 1.29 is 48.0 Å². The highest BCUT2D eigenvalue weighted by Gasteiger charge is 2.76. The molecule has 2 N–H and O–H groups in total. The fraction of sp³-hybridized carbons (Fsp3) is 0.286. The lowest BCUT2D eigenvalue weighted by Crippen LogP contribution is -2.60. The smallest absolute Gasteiger partial charge is 0.335 e. The first-order valence-corrected chi connectivity index (χ1v) is 15.9. The van der Waals surface area contributed by atoms with E-state index in [1.165, 1.54) is 62.8 Å². The summed E-state index contributed by atoms with van der Waals surface area (Å²) >= 11 is 14.8. The van der Waals surface area contributed by atoms with Crippen molar-refractivity contribution in [3.8, 4) is 17.2 Å². The molecule has 4 aliphatic rings. The van der Waals surface area contributed by atoms with Gasteiger partial charge in [-0.25, -0.2) is 14.1 Å². The van der Waals surface area contributed by atoms with Crippen LogP contribution in [-0.2, 0) is 19.2 Å². The average molecular weight is 710 g/mol. The number of fused-ring (bicyclic) bond motifs is 4. The summed E-state index contributed by atoms with van der Waals surface area (Å²) in [5, 5.41) is 20.3. The number of benzene rings is 3. The number of hydrogen-bond acceptors (Lipinski definition) is 8. The number of carboxylic acid groups (broad SMARTS) is 1. The summed E-state index contributed by atoms with van der Waals surface area (Å²) in [5.41, 5.74) is 0.713. The number of alkyl halides is 2. The minimum atomic E-state index is -2.22. The second-order valence-corrected chi connectivity index (χ2v) is 13.6. The molecule has 1 saturated carbocycles. The van der Waals surface area contributed by atoms with Crippen LogP contribution in [0.4, 0.5) is 15.8 Å². The van der Waals surface area contributed by atoms with E-state index in [0.29, 0.717) is 5.57 Å². The molecule has 3 aromatic rings. The SMILES string of the molecule is COc1cc(C2C3=CCC4C(=O)N(c5cccc(C(=O)O)c5)C(=O)C4C3CC3(Cl)C(=O)N(c4ccc(F)cc4)C(=O)C23Cl)cc(OC)c1O. The molecular weight excluding hydrogens is 682 g/mol. The van der Waals surface area contributed by atoms with Crippen molar-refractivity contribution >= 4 is 64.2 Å². The Bertz CT molecular complexity index is 1990. The molecule has 11 nitrogen and oxygen atoms in total. The fourth-order valence-corrected chi connectivity index (χ4v) is 8.82. The molecule has 6 unspecified atom stereocenters. The van der Waals surface area contributed by atoms with E-state index in [-0.39, 0.29) is 52.6 Å². The lowest BCUT2D eigenvalue weighted by Gasteiger charge is -2.50. The predicted octanol–water partition coefficient (Wildman–Crippen LogP) is 5.01. The van der Waals surface area contributed by atoms with Gasteiger partial charge in [-0.2, -0.15) is 0 Å². The number of allylic oxidation sites excluding steroid dienone is 2. The number of phenols is 1. The molecule has 2 aliphatic carbocycles. The Morgan fingerprint density at radius 1 is 0.878 bits per heavy atom. The lowest BCUT2D eigenvalue weighted by atomic mass is 9.56. The molecule has 3 aromatic carbocycles. The molecule has 0 radical (unpaired) electrons. The van der Waals surface area contributed by atoms with E-state index in [1.54, 1.807) is 6.08 Å². The number of aromatic hydroxyl groups is 1. The molecule has 7 rings (SSSR count). The Kier molecular flexibility index (Phi) is 7.53.